The van der Waals surface area contributed by atoms with Gasteiger partial charge in [0.25, 0.3) is 0 Å². The number of halogens is 2. The van der Waals surface area contributed by atoms with E-state index in [2.05, 4.69) is 0 Å². The lowest BCUT2D eigenvalue weighted by molar-refractivity contribution is 0.0734. The molecule has 2 aromatic carbocycles. The number of hydrogen-bond acceptors (Lipinski definition) is 4. The molecule has 144 valence electrons. The molecule has 0 saturated carbocycles. The Morgan fingerprint density at radius 1 is 1.00 bits per heavy atom. The summed E-state index contributed by atoms with van der Waals surface area (Å²) in [6.07, 6.45) is 2.60. The fourth-order valence-corrected chi connectivity index (χ4v) is 4.72. The Kier molecular flexibility index (Phi) is 5.57. The molecule has 0 spiro atoms. The van der Waals surface area contributed by atoms with Crippen LogP contribution in [0.25, 0.3) is 0 Å². The van der Waals surface area contributed by atoms with E-state index >= 15 is 0 Å². The van der Waals surface area contributed by atoms with Gasteiger partial charge in [0.2, 0.25) is 10.0 Å². The van der Waals surface area contributed by atoms with Crippen molar-refractivity contribution >= 4 is 16.0 Å². The van der Waals surface area contributed by atoms with Crippen LogP contribution < -0.4 is 4.74 Å². The van der Waals surface area contributed by atoms with Crippen LogP contribution in [0.2, 0.25) is 0 Å². The summed E-state index contributed by atoms with van der Waals surface area (Å²) in [5, 5.41) is 0. The van der Waals surface area contributed by atoms with Gasteiger partial charge in [0, 0.05) is 19.2 Å². The third-order valence-corrected chi connectivity index (χ3v) is 6.50. The minimum atomic E-state index is -3.72. The second-order valence-electron chi connectivity index (χ2n) is 6.41. The van der Waals surface area contributed by atoms with Gasteiger partial charge in [0.15, 0.2) is 11.6 Å². The van der Waals surface area contributed by atoms with Crippen molar-refractivity contribution in [2.24, 2.45) is 0 Å². The van der Waals surface area contributed by atoms with E-state index in [1.165, 1.54) is 22.5 Å². The van der Waals surface area contributed by atoms with E-state index in [4.69, 9.17) is 4.74 Å². The molecule has 2 aromatic rings. The summed E-state index contributed by atoms with van der Waals surface area (Å²) < 4.78 is 58.5. The van der Waals surface area contributed by atoms with Crippen LogP contribution in [0.5, 0.6) is 5.75 Å². The van der Waals surface area contributed by atoms with Crippen molar-refractivity contribution in [2.75, 3.05) is 13.1 Å². The Balaban J connectivity index is 1.88. The highest BCUT2D eigenvalue weighted by Gasteiger charge is 2.28. The zero-order valence-corrected chi connectivity index (χ0v) is 15.6. The molecule has 1 aliphatic heterocycles. The summed E-state index contributed by atoms with van der Waals surface area (Å²) in [7, 11) is -3.72. The molecule has 0 atom stereocenters. The van der Waals surface area contributed by atoms with Gasteiger partial charge in [0.1, 0.15) is 5.75 Å². The van der Waals surface area contributed by atoms with Gasteiger partial charge in [-0.15, -0.1) is 0 Å². The first-order valence-corrected chi connectivity index (χ1v) is 10.0. The number of rotatable bonds is 4. The number of carbonyl (C=O) groups is 1. The maximum atomic E-state index is 13.3. The van der Waals surface area contributed by atoms with E-state index in [0.29, 0.717) is 18.7 Å². The van der Waals surface area contributed by atoms with Gasteiger partial charge < -0.3 is 4.74 Å². The van der Waals surface area contributed by atoms with E-state index in [1.807, 2.05) is 0 Å². The topological polar surface area (TPSA) is 63.7 Å². The lowest BCUT2D eigenvalue weighted by Gasteiger charge is -2.26. The SMILES string of the molecule is Cc1ccc(C(=O)Oc2ccc(F)c(F)c2)cc1S(=O)(=O)N1CCCCC1. The van der Waals surface area contributed by atoms with Crippen molar-refractivity contribution in [3.8, 4) is 5.75 Å². The van der Waals surface area contributed by atoms with Gasteiger partial charge in [0.05, 0.1) is 10.5 Å². The quantitative estimate of drug-likeness (QED) is 0.585. The van der Waals surface area contributed by atoms with Gasteiger partial charge in [-0.1, -0.05) is 12.5 Å². The first-order valence-electron chi connectivity index (χ1n) is 8.57. The molecule has 27 heavy (non-hydrogen) atoms. The number of nitrogens with zero attached hydrogens (tertiary/aromatic N) is 1. The Morgan fingerprint density at radius 2 is 1.70 bits per heavy atom. The summed E-state index contributed by atoms with van der Waals surface area (Å²) in [5.41, 5.74) is 0.533. The molecular weight excluding hydrogens is 376 g/mol. The van der Waals surface area contributed by atoms with Crippen LogP contribution in [0.3, 0.4) is 0 Å². The third kappa shape index (κ3) is 4.17. The van der Waals surface area contributed by atoms with Crippen LogP contribution >= 0.6 is 0 Å². The number of esters is 1. The Hall–Kier alpha value is -2.32. The molecule has 1 saturated heterocycles. The molecule has 0 N–H and O–H groups in total. The van der Waals surface area contributed by atoms with E-state index in [9.17, 15) is 22.0 Å². The molecule has 5 nitrogen and oxygen atoms in total. The number of hydrogen-bond donors (Lipinski definition) is 0. The zero-order valence-electron chi connectivity index (χ0n) is 14.7. The van der Waals surface area contributed by atoms with Crippen molar-refractivity contribution < 1.29 is 26.7 Å². The summed E-state index contributed by atoms with van der Waals surface area (Å²) in [6.45, 7) is 2.55. The second-order valence-corrected chi connectivity index (χ2v) is 8.32. The number of benzene rings is 2. The van der Waals surface area contributed by atoms with Gasteiger partial charge in [-0.25, -0.2) is 22.0 Å². The highest BCUT2D eigenvalue weighted by molar-refractivity contribution is 7.89. The highest BCUT2D eigenvalue weighted by Crippen LogP contribution is 2.25. The van der Waals surface area contributed by atoms with Crippen molar-refractivity contribution in [3.05, 3.63) is 59.2 Å². The van der Waals surface area contributed by atoms with E-state index in [-0.39, 0.29) is 16.2 Å². The van der Waals surface area contributed by atoms with E-state index < -0.39 is 27.6 Å². The van der Waals surface area contributed by atoms with Crippen molar-refractivity contribution in [1.29, 1.82) is 0 Å². The maximum Gasteiger partial charge on any atom is 0.343 e. The van der Waals surface area contributed by atoms with Crippen LogP contribution in [0, 0.1) is 18.6 Å². The fraction of sp³-hybridized carbons (Fsp3) is 0.316. The molecule has 3 rings (SSSR count). The smallest absolute Gasteiger partial charge is 0.343 e. The Labute approximate surface area is 156 Å². The Bertz CT molecular complexity index is 970. The molecule has 0 aliphatic carbocycles. The molecule has 1 fully saturated rings. The van der Waals surface area contributed by atoms with Gasteiger partial charge in [-0.3, -0.25) is 0 Å². The number of piperidine rings is 1. The number of sulfonamides is 1. The lowest BCUT2D eigenvalue weighted by Crippen LogP contribution is -2.36. The van der Waals surface area contributed by atoms with Gasteiger partial charge >= 0.3 is 5.97 Å². The predicted octanol–water partition coefficient (Wildman–Crippen LogP) is 3.67. The minimum Gasteiger partial charge on any atom is -0.423 e. The summed E-state index contributed by atoms with van der Waals surface area (Å²) in [4.78, 5) is 12.4. The highest BCUT2D eigenvalue weighted by atomic mass is 32.2. The molecule has 0 amide bonds. The van der Waals surface area contributed by atoms with E-state index in [1.54, 1.807) is 6.92 Å². The molecule has 0 unspecified atom stereocenters. The predicted molar refractivity (Wildman–Crippen MR) is 95.1 cm³/mol. The summed E-state index contributed by atoms with van der Waals surface area (Å²) in [5.74, 6) is -3.21. The van der Waals surface area contributed by atoms with Crippen LogP contribution in [-0.4, -0.2) is 31.8 Å². The van der Waals surface area contributed by atoms with Crippen molar-refractivity contribution in [3.63, 3.8) is 0 Å². The van der Waals surface area contributed by atoms with Crippen molar-refractivity contribution in [2.45, 2.75) is 31.1 Å². The average Bonchev–Trinajstić information content (AvgIpc) is 2.65. The maximum absolute atomic E-state index is 13.3. The first-order chi connectivity index (χ1) is 12.8. The zero-order chi connectivity index (χ0) is 19.6. The number of carbonyl (C=O) groups excluding carboxylic acids is 1. The van der Waals surface area contributed by atoms with Crippen LogP contribution in [0.4, 0.5) is 8.78 Å². The number of ether oxygens (including phenoxy) is 1. The average molecular weight is 395 g/mol. The van der Waals surface area contributed by atoms with Crippen molar-refractivity contribution in [1.82, 2.24) is 4.31 Å². The minimum absolute atomic E-state index is 0.0147. The summed E-state index contributed by atoms with van der Waals surface area (Å²) in [6, 6.07) is 6.95. The molecule has 0 aromatic heterocycles. The third-order valence-electron chi connectivity index (χ3n) is 4.46. The molecule has 1 aliphatic rings. The molecule has 0 radical (unpaired) electrons. The largest absolute Gasteiger partial charge is 0.423 e. The summed E-state index contributed by atoms with van der Waals surface area (Å²) >= 11 is 0. The monoisotopic (exact) mass is 395 g/mol. The first kappa shape index (κ1) is 19.4. The van der Waals surface area contributed by atoms with Gasteiger partial charge in [-0.2, -0.15) is 4.31 Å². The Morgan fingerprint density at radius 3 is 2.37 bits per heavy atom. The van der Waals surface area contributed by atoms with Gasteiger partial charge in [-0.05, 0) is 49.6 Å². The van der Waals surface area contributed by atoms with Crippen LogP contribution in [0.1, 0.15) is 35.2 Å². The molecular formula is C19H19F2NO4S. The normalized spacial score (nSPS) is 15.5. The molecule has 8 heteroatoms. The number of aryl methyl sites for hydroxylation is 1. The lowest BCUT2D eigenvalue weighted by atomic mass is 10.1. The molecule has 0 bridgehead atoms. The second kappa shape index (κ2) is 7.74. The standard InChI is InChI=1S/C19H19F2NO4S/c1-13-5-6-14(19(23)26-15-7-8-16(20)17(21)12-15)11-18(13)27(24,25)22-9-3-2-4-10-22/h5-8,11-12H,2-4,9-10H2,1H3. The van der Waals surface area contributed by atoms with E-state index in [0.717, 1.165) is 37.5 Å². The van der Waals surface area contributed by atoms with Crippen LogP contribution in [-0.2, 0) is 10.0 Å². The fourth-order valence-electron chi connectivity index (χ4n) is 2.96. The van der Waals surface area contributed by atoms with Crippen LogP contribution in [0.15, 0.2) is 41.3 Å². The molecule has 1 heterocycles.